The summed E-state index contributed by atoms with van der Waals surface area (Å²) in [4.78, 5) is 23.7. The zero-order valence-corrected chi connectivity index (χ0v) is 11.3. The van der Waals surface area contributed by atoms with Crippen molar-refractivity contribution < 1.29 is 32.6 Å². The zero-order valence-electron chi connectivity index (χ0n) is 11.3. The van der Waals surface area contributed by atoms with Crippen molar-refractivity contribution in [2.45, 2.75) is 32.0 Å². The van der Waals surface area contributed by atoms with Gasteiger partial charge in [-0.15, -0.1) is 0 Å². The molecular formula is C12H18F3NO4. The lowest BCUT2D eigenvalue weighted by atomic mass is 9.96. The normalized spacial score (nSPS) is 24.8. The zero-order chi connectivity index (χ0) is 15.5. The van der Waals surface area contributed by atoms with Crippen LogP contribution in [0.1, 0.15) is 19.8 Å². The molecule has 0 aromatic carbocycles. The number of carboxylic acids is 1. The standard InChI is InChI=1S/C12H18F3NO4/c1-7(20-2)3-4-10(17)16-5-8(11(18)19)9(6-16)12(13,14)15/h7-9H,3-6H2,1-2H3,(H,18,19)/t7?,8-,9-/m1/s1. The van der Waals surface area contributed by atoms with E-state index in [9.17, 15) is 22.8 Å². The Labute approximate surface area is 114 Å². The maximum atomic E-state index is 12.8. The average molecular weight is 297 g/mol. The molecule has 8 heteroatoms. The lowest BCUT2D eigenvalue weighted by Crippen LogP contribution is -2.34. The van der Waals surface area contributed by atoms with Gasteiger partial charge >= 0.3 is 12.1 Å². The van der Waals surface area contributed by atoms with Crippen LogP contribution in [0.4, 0.5) is 13.2 Å². The molecule has 1 aliphatic heterocycles. The molecule has 0 bridgehead atoms. The number of carbonyl (C=O) groups excluding carboxylic acids is 1. The second kappa shape index (κ2) is 6.43. The second-order valence-electron chi connectivity index (χ2n) is 4.98. The number of carbonyl (C=O) groups is 2. The summed E-state index contributed by atoms with van der Waals surface area (Å²) in [5.74, 6) is -5.57. The molecule has 0 aromatic rings. The minimum atomic E-state index is -4.61. The van der Waals surface area contributed by atoms with Crippen LogP contribution in [0.15, 0.2) is 0 Å². The van der Waals surface area contributed by atoms with Crippen LogP contribution in [-0.4, -0.2) is 54.4 Å². The number of methoxy groups -OCH3 is 1. The van der Waals surface area contributed by atoms with Gasteiger partial charge in [-0.25, -0.2) is 0 Å². The Kier molecular flexibility index (Phi) is 5.38. The van der Waals surface area contributed by atoms with Crippen LogP contribution < -0.4 is 0 Å². The summed E-state index contributed by atoms with van der Waals surface area (Å²) in [6.45, 7) is 0.774. The van der Waals surface area contributed by atoms with Gasteiger partial charge < -0.3 is 14.7 Å². The van der Waals surface area contributed by atoms with Gasteiger partial charge in [0.25, 0.3) is 0 Å². The van der Waals surface area contributed by atoms with Crippen LogP contribution in [0.25, 0.3) is 0 Å². The SMILES string of the molecule is COC(C)CCC(=O)N1C[C@@H](C(F)(F)F)[C@H](C(=O)O)C1. The van der Waals surface area contributed by atoms with E-state index in [1.54, 1.807) is 6.92 Å². The molecule has 1 N–H and O–H groups in total. The van der Waals surface area contributed by atoms with E-state index in [0.29, 0.717) is 6.42 Å². The molecule has 5 nitrogen and oxygen atoms in total. The van der Waals surface area contributed by atoms with Gasteiger partial charge in [0.05, 0.1) is 17.9 Å². The molecule has 0 aliphatic carbocycles. The first kappa shape index (κ1) is 16.7. The number of nitrogens with zero attached hydrogens (tertiary/aromatic N) is 1. The van der Waals surface area contributed by atoms with E-state index in [4.69, 9.17) is 9.84 Å². The molecule has 0 aromatic heterocycles. The van der Waals surface area contributed by atoms with Gasteiger partial charge in [0.2, 0.25) is 5.91 Å². The van der Waals surface area contributed by atoms with Gasteiger partial charge in [0.1, 0.15) is 0 Å². The third-order valence-corrected chi connectivity index (χ3v) is 3.58. The fraction of sp³-hybridized carbons (Fsp3) is 0.833. The Bertz CT molecular complexity index is 372. The van der Waals surface area contributed by atoms with Crippen LogP contribution in [0, 0.1) is 11.8 Å². The Morgan fingerprint density at radius 2 is 2.00 bits per heavy atom. The Hall–Kier alpha value is -1.31. The van der Waals surface area contributed by atoms with Crippen LogP contribution in [0.2, 0.25) is 0 Å². The van der Waals surface area contributed by atoms with E-state index < -0.39 is 36.4 Å². The number of amides is 1. The van der Waals surface area contributed by atoms with Crippen molar-refractivity contribution in [3.8, 4) is 0 Å². The molecule has 20 heavy (non-hydrogen) atoms. The third kappa shape index (κ3) is 4.09. The molecule has 0 radical (unpaired) electrons. The molecule has 1 rings (SSSR count). The molecular weight excluding hydrogens is 279 g/mol. The predicted molar refractivity (Wildman–Crippen MR) is 63.0 cm³/mol. The molecule has 1 amide bonds. The predicted octanol–water partition coefficient (Wildman–Crippen LogP) is 1.52. The van der Waals surface area contributed by atoms with Crippen molar-refractivity contribution in [3.05, 3.63) is 0 Å². The number of rotatable bonds is 5. The van der Waals surface area contributed by atoms with Gasteiger partial charge in [0, 0.05) is 26.6 Å². The summed E-state index contributed by atoms with van der Waals surface area (Å²) in [6, 6.07) is 0. The molecule has 1 heterocycles. The molecule has 0 spiro atoms. The van der Waals surface area contributed by atoms with E-state index in [0.717, 1.165) is 4.90 Å². The lowest BCUT2D eigenvalue weighted by Gasteiger charge is -2.19. The largest absolute Gasteiger partial charge is 0.481 e. The van der Waals surface area contributed by atoms with E-state index in [1.165, 1.54) is 7.11 Å². The highest BCUT2D eigenvalue weighted by Crippen LogP contribution is 2.37. The van der Waals surface area contributed by atoms with Crippen LogP contribution in [0.3, 0.4) is 0 Å². The molecule has 116 valence electrons. The van der Waals surface area contributed by atoms with Crippen LogP contribution in [0.5, 0.6) is 0 Å². The molecule has 1 fully saturated rings. The molecule has 3 atom stereocenters. The van der Waals surface area contributed by atoms with Crippen molar-refractivity contribution >= 4 is 11.9 Å². The summed E-state index contributed by atoms with van der Waals surface area (Å²) in [5.41, 5.74) is 0. The van der Waals surface area contributed by atoms with E-state index in [-0.39, 0.29) is 19.1 Å². The highest BCUT2D eigenvalue weighted by Gasteiger charge is 2.53. The number of ether oxygens (including phenoxy) is 1. The van der Waals surface area contributed by atoms with Crippen molar-refractivity contribution in [2.75, 3.05) is 20.2 Å². The molecule has 1 saturated heterocycles. The maximum Gasteiger partial charge on any atom is 0.394 e. The van der Waals surface area contributed by atoms with Crippen molar-refractivity contribution in [2.24, 2.45) is 11.8 Å². The number of likely N-dealkylation sites (tertiary alicyclic amines) is 1. The van der Waals surface area contributed by atoms with Crippen LogP contribution in [-0.2, 0) is 14.3 Å². The van der Waals surface area contributed by atoms with Gasteiger partial charge in [-0.05, 0) is 13.3 Å². The molecule has 1 aliphatic rings. The fourth-order valence-electron chi connectivity index (χ4n) is 2.19. The van der Waals surface area contributed by atoms with Gasteiger partial charge in [-0.3, -0.25) is 9.59 Å². The number of alkyl halides is 3. The number of halogens is 3. The lowest BCUT2D eigenvalue weighted by molar-refractivity contribution is -0.188. The van der Waals surface area contributed by atoms with Crippen LogP contribution >= 0.6 is 0 Å². The highest BCUT2D eigenvalue weighted by molar-refractivity contribution is 5.79. The first-order valence-corrected chi connectivity index (χ1v) is 6.27. The van der Waals surface area contributed by atoms with E-state index >= 15 is 0 Å². The number of carboxylic acid groups (broad SMARTS) is 1. The second-order valence-corrected chi connectivity index (χ2v) is 4.98. The smallest absolute Gasteiger partial charge is 0.394 e. The Morgan fingerprint density at radius 3 is 2.40 bits per heavy atom. The first-order valence-electron chi connectivity index (χ1n) is 6.27. The molecule has 0 saturated carbocycles. The monoisotopic (exact) mass is 297 g/mol. The minimum Gasteiger partial charge on any atom is -0.481 e. The summed E-state index contributed by atoms with van der Waals surface area (Å²) >= 11 is 0. The topological polar surface area (TPSA) is 66.8 Å². The quantitative estimate of drug-likeness (QED) is 0.835. The fourth-order valence-corrected chi connectivity index (χ4v) is 2.19. The summed E-state index contributed by atoms with van der Waals surface area (Å²) < 4.78 is 43.2. The van der Waals surface area contributed by atoms with Gasteiger partial charge in [0.15, 0.2) is 0 Å². The minimum absolute atomic E-state index is 0.0475. The van der Waals surface area contributed by atoms with E-state index in [2.05, 4.69) is 0 Å². The molecule has 1 unspecified atom stereocenters. The third-order valence-electron chi connectivity index (χ3n) is 3.58. The number of aliphatic carboxylic acids is 1. The first-order chi connectivity index (χ1) is 9.16. The Balaban J connectivity index is 2.66. The van der Waals surface area contributed by atoms with Crippen molar-refractivity contribution in [1.29, 1.82) is 0 Å². The summed E-state index contributed by atoms with van der Waals surface area (Å²) in [6.07, 6.45) is -4.35. The van der Waals surface area contributed by atoms with Gasteiger partial charge in [-0.1, -0.05) is 0 Å². The Morgan fingerprint density at radius 1 is 1.40 bits per heavy atom. The highest BCUT2D eigenvalue weighted by atomic mass is 19.4. The number of hydrogen-bond acceptors (Lipinski definition) is 3. The van der Waals surface area contributed by atoms with Crippen molar-refractivity contribution in [3.63, 3.8) is 0 Å². The summed E-state index contributed by atoms with van der Waals surface area (Å²) in [7, 11) is 1.48. The maximum absolute atomic E-state index is 12.8. The van der Waals surface area contributed by atoms with Gasteiger partial charge in [-0.2, -0.15) is 13.2 Å². The average Bonchev–Trinajstić information content (AvgIpc) is 2.80. The van der Waals surface area contributed by atoms with E-state index in [1.807, 2.05) is 0 Å². The summed E-state index contributed by atoms with van der Waals surface area (Å²) in [5, 5.41) is 8.84. The van der Waals surface area contributed by atoms with Crippen molar-refractivity contribution in [1.82, 2.24) is 4.90 Å². The number of hydrogen-bond donors (Lipinski definition) is 1.